The average molecular weight is 648 g/mol. The van der Waals surface area contributed by atoms with Crippen LogP contribution in [0.2, 0.25) is 0 Å². The molecule has 7 nitrogen and oxygen atoms in total. The number of halogens is 2. The van der Waals surface area contributed by atoms with Crippen molar-refractivity contribution in [3.8, 4) is 0 Å². The van der Waals surface area contributed by atoms with Gasteiger partial charge in [0, 0.05) is 46.9 Å². The van der Waals surface area contributed by atoms with E-state index in [1.165, 1.54) is 18.2 Å². The van der Waals surface area contributed by atoms with Gasteiger partial charge in [-0.1, -0.05) is 56.3 Å². The van der Waals surface area contributed by atoms with Gasteiger partial charge < -0.3 is 25.0 Å². The van der Waals surface area contributed by atoms with E-state index in [0.717, 1.165) is 16.8 Å². The fourth-order valence-electron chi connectivity index (χ4n) is 10.2. The number of carbonyl (C=O) groups is 2. The second-order valence-corrected chi connectivity index (χ2v) is 14.7. The summed E-state index contributed by atoms with van der Waals surface area (Å²) in [5.41, 5.74) is -2.52. The number of aliphatic hydroxyl groups excluding tert-OH is 2. The van der Waals surface area contributed by atoms with Crippen LogP contribution in [0.15, 0.2) is 72.3 Å². The summed E-state index contributed by atoms with van der Waals surface area (Å²) in [7, 11) is 1.88. The number of anilines is 1. The van der Waals surface area contributed by atoms with E-state index in [1.54, 1.807) is 6.92 Å². The molecule has 0 spiro atoms. The van der Waals surface area contributed by atoms with Crippen LogP contribution in [0, 0.1) is 28.6 Å². The normalized spacial score (nSPS) is 41.2. The monoisotopic (exact) mass is 647 g/mol. The van der Waals surface area contributed by atoms with Crippen LogP contribution in [0.1, 0.15) is 68.9 Å². The molecule has 11 atom stereocenters. The molecular formula is C38H43F2NO6. The SMILES string of the molecule is CNc1cccc([C@H](C)c2ccc([C@@H]3OC[C@@H]4C[C@H]5[C@@H]6C[C@H](F)C7=CC(=O)C=C[C@]7(C)[C@@]6(F)[C@@H](O)C[C@]5(C)[C@]4(C(=O)CO)O3)cc2)c1. The van der Waals surface area contributed by atoms with Gasteiger partial charge in [-0.15, -0.1) is 0 Å². The van der Waals surface area contributed by atoms with Crippen molar-refractivity contribution in [2.24, 2.45) is 28.6 Å². The molecule has 0 radical (unpaired) electrons. The molecule has 0 aromatic heterocycles. The van der Waals surface area contributed by atoms with Gasteiger partial charge in [0.25, 0.3) is 0 Å². The lowest BCUT2D eigenvalue weighted by molar-refractivity contribution is -0.307. The summed E-state index contributed by atoms with van der Waals surface area (Å²) in [5, 5.41) is 25.3. The van der Waals surface area contributed by atoms with Crippen molar-refractivity contribution in [1.29, 1.82) is 0 Å². The first kappa shape index (κ1) is 32.3. The highest BCUT2D eigenvalue weighted by Gasteiger charge is 2.78. The highest BCUT2D eigenvalue weighted by atomic mass is 19.1. The Bertz CT molecular complexity index is 1660. The van der Waals surface area contributed by atoms with Gasteiger partial charge in [-0.2, -0.15) is 0 Å². The number of fused-ring (bicyclic) bond motifs is 7. The zero-order chi connectivity index (χ0) is 33.5. The van der Waals surface area contributed by atoms with E-state index < -0.39 is 76.6 Å². The summed E-state index contributed by atoms with van der Waals surface area (Å²) in [4.78, 5) is 26.1. The van der Waals surface area contributed by atoms with Crippen LogP contribution in [-0.4, -0.2) is 65.6 Å². The van der Waals surface area contributed by atoms with E-state index >= 15 is 8.78 Å². The largest absolute Gasteiger partial charge is 0.390 e. The van der Waals surface area contributed by atoms with Crippen molar-refractivity contribution in [3.05, 3.63) is 89.0 Å². The summed E-state index contributed by atoms with van der Waals surface area (Å²) >= 11 is 0. The quantitative estimate of drug-likeness (QED) is 0.366. The van der Waals surface area contributed by atoms with Crippen molar-refractivity contribution in [2.45, 2.75) is 75.8 Å². The topological polar surface area (TPSA) is 105 Å². The standard InChI is InChI=1S/C38H43F2NO6/c1-21(24-6-5-7-26(14-24)41-4)22-8-10-23(11-9-22)34-46-20-25-15-28-29-17-31(39)30-16-27(43)12-13-35(30,2)37(29,40)32(44)18-36(28,3)38(25,47-34)33(45)19-42/h5-14,16,21,25,28-29,31-32,34,41-42,44H,15,17-20H2,1-4H3/t21-,25+,28+,29+,31+,32+,34-,35+,36+,37+,38+/m1/s1. The second-order valence-electron chi connectivity index (χ2n) is 14.7. The van der Waals surface area contributed by atoms with Crippen LogP contribution in [0.25, 0.3) is 0 Å². The Morgan fingerprint density at radius 2 is 1.85 bits per heavy atom. The molecule has 250 valence electrons. The third kappa shape index (κ3) is 4.35. The lowest BCUT2D eigenvalue weighted by Crippen LogP contribution is -2.71. The molecule has 9 heteroatoms. The van der Waals surface area contributed by atoms with Crippen LogP contribution in [0.4, 0.5) is 14.5 Å². The molecule has 7 rings (SSSR count). The van der Waals surface area contributed by atoms with E-state index in [4.69, 9.17) is 9.47 Å². The lowest BCUT2D eigenvalue weighted by Gasteiger charge is -2.63. The minimum atomic E-state index is -2.28. The lowest BCUT2D eigenvalue weighted by atomic mass is 9.44. The van der Waals surface area contributed by atoms with E-state index in [0.29, 0.717) is 12.0 Å². The number of Topliss-reactive ketones (excluding diaryl/α,β-unsaturated/α-hetero) is 1. The number of carbonyl (C=O) groups excluding carboxylic acids is 2. The molecule has 0 amide bonds. The number of nitrogens with one attached hydrogen (secondary N) is 1. The van der Waals surface area contributed by atoms with E-state index in [2.05, 4.69) is 24.4 Å². The zero-order valence-corrected chi connectivity index (χ0v) is 27.2. The van der Waals surface area contributed by atoms with Gasteiger partial charge in [-0.3, -0.25) is 9.59 Å². The Balaban J connectivity index is 1.22. The maximum absolute atomic E-state index is 17.7. The highest BCUT2D eigenvalue weighted by molar-refractivity contribution is 6.01. The smallest absolute Gasteiger partial charge is 0.190 e. The Labute approximate surface area is 274 Å². The number of benzene rings is 2. The number of ketones is 2. The molecule has 5 aliphatic rings. The molecule has 1 heterocycles. The number of aliphatic hydroxyl groups is 2. The molecule has 1 saturated heterocycles. The van der Waals surface area contributed by atoms with Gasteiger partial charge in [0.1, 0.15) is 18.4 Å². The molecular weight excluding hydrogens is 604 g/mol. The number of ether oxygens (including phenoxy) is 2. The van der Waals surface area contributed by atoms with Crippen molar-refractivity contribution in [3.63, 3.8) is 0 Å². The molecule has 3 N–H and O–H groups in total. The van der Waals surface area contributed by atoms with Crippen LogP contribution in [0.3, 0.4) is 0 Å². The summed E-state index contributed by atoms with van der Waals surface area (Å²) in [6, 6.07) is 16.0. The maximum Gasteiger partial charge on any atom is 0.190 e. The molecule has 47 heavy (non-hydrogen) atoms. The fraction of sp³-hybridized carbons (Fsp3) is 0.526. The van der Waals surface area contributed by atoms with Crippen LogP contribution in [0.5, 0.6) is 0 Å². The summed E-state index contributed by atoms with van der Waals surface area (Å²) in [5.74, 6) is -2.90. The number of rotatable bonds is 6. The van der Waals surface area contributed by atoms with Gasteiger partial charge >= 0.3 is 0 Å². The maximum atomic E-state index is 17.7. The number of alkyl halides is 2. The first-order valence-electron chi connectivity index (χ1n) is 16.6. The molecule has 1 aliphatic heterocycles. The Morgan fingerprint density at radius 3 is 2.55 bits per heavy atom. The van der Waals surface area contributed by atoms with Crippen molar-refractivity contribution >= 4 is 17.3 Å². The number of hydrogen-bond acceptors (Lipinski definition) is 7. The third-order valence-electron chi connectivity index (χ3n) is 12.7. The molecule has 2 aromatic carbocycles. The highest BCUT2D eigenvalue weighted by Crippen LogP contribution is 2.72. The zero-order valence-electron chi connectivity index (χ0n) is 27.2. The van der Waals surface area contributed by atoms with Crippen LogP contribution >= 0.6 is 0 Å². The van der Waals surface area contributed by atoms with Crippen LogP contribution < -0.4 is 5.32 Å². The van der Waals surface area contributed by atoms with Gasteiger partial charge in [0.15, 0.2) is 23.5 Å². The van der Waals surface area contributed by atoms with Crippen molar-refractivity contribution < 1.29 is 38.1 Å². The molecule has 4 fully saturated rings. The summed E-state index contributed by atoms with van der Waals surface area (Å²) in [6.45, 7) is 4.83. The Morgan fingerprint density at radius 1 is 1.11 bits per heavy atom. The molecule has 0 unspecified atom stereocenters. The van der Waals surface area contributed by atoms with Crippen LogP contribution in [-0.2, 0) is 19.1 Å². The summed E-state index contributed by atoms with van der Waals surface area (Å²) < 4.78 is 46.6. The first-order chi connectivity index (χ1) is 22.3. The van der Waals surface area contributed by atoms with Gasteiger partial charge in [-0.05, 0) is 73.1 Å². The third-order valence-corrected chi connectivity index (χ3v) is 12.7. The molecule has 0 bridgehead atoms. The minimum absolute atomic E-state index is 0.0510. The molecule has 3 saturated carbocycles. The molecule has 4 aliphatic carbocycles. The van der Waals surface area contributed by atoms with Crippen molar-refractivity contribution in [1.82, 2.24) is 0 Å². The Kier molecular flexibility index (Phi) is 7.67. The minimum Gasteiger partial charge on any atom is -0.390 e. The van der Waals surface area contributed by atoms with Gasteiger partial charge in [0.2, 0.25) is 0 Å². The predicted octanol–water partition coefficient (Wildman–Crippen LogP) is 5.77. The van der Waals surface area contributed by atoms with E-state index in [1.807, 2.05) is 50.4 Å². The van der Waals surface area contributed by atoms with Crippen molar-refractivity contribution in [2.75, 3.05) is 25.6 Å². The fourth-order valence-corrected chi connectivity index (χ4v) is 10.2. The summed E-state index contributed by atoms with van der Waals surface area (Å²) in [6.07, 6.45) is -0.342. The number of hydrogen-bond donors (Lipinski definition) is 3. The van der Waals surface area contributed by atoms with E-state index in [-0.39, 0.29) is 30.9 Å². The average Bonchev–Trinajstić information content (AvgIpc) is 3.34. The van der Waals surface area contributed by atoms with Gasteiger partial charge in [-0.25, -0.2) is 8.78 Å². The van der Waals surface area contributed by atoms with Gasteiger partial charge in [0.05, 0.1) is 12.7 Å². The Hall–Kier alpha value is -3.24. The first-order valence-corrected chi connectivity index (χ1v) is 16.6. The second kappa shape index (κ2) is 11.2. The predicted molar refractivity (Wildman–Crippen MR) is 172 cm³/mol. The number of allylic oxidation sites excluding steroid dienone is 4. The van der Waals surface area contributed by atoms with E-state index in [9.17, 15) is 19.8 Å². The molecule has 2 aromatic rings.